The predicted octanol–water partition coefficient (Wildman–Crippen LogP) is 5.15. The fourth-order valence-corrected chi connectivity index (χ4v) is 5.60. The number of nitrogens with zero attached hydrogens (tertiary/aromatic N) is 5. The van der Waals surface area contributed by atoms with Crippen molar-refractivity contribution in [3.05, 3.63) is 58.1 Å². The summed E-state index contributed by atoms with van der Waals surface area (Å²) in [5.41, 5.74) is 1.66. The summed E-state index contributed by atoms with van der Waals surface area (Å²) in [7, 11) is 0. The van der Waals surface area contributed by atoms with Crippen molar-refractivity contribution in [2.24, 2.45) is 5.92 Å². The Hall–Kier alpha value is -2.52. The lowest BCUT2D eigenvalue weighted by molar-refractivity contribution is 0.0775. The number of carbonyl (C=O) groups is 1. The summed E-state index contributed by atoms with van der Waals surface area (Å²) in [5.74, 6) is -0.283. The van der Waals surface area contributed by atoms with Crippen LogP contribution in [0.4, 0.5) is 8.78 Å². The molecule has 1 aliphatic carbocycles. The molecule has 4 heterocycles. The molecule has 3 aromatic rings. The molecule has 166 valence electrons. The number of piperidine rings is 1. The highest BCUT2D eigenvalue weighted by Gasteiger charge is 2.44. The molecule has 2 aliphatic heterocycles. The maximum Gasteiger partial charge on any atom is 0.280 e. The van der Waals surface area contributed by atoms with E-state index in [0.717, 1.165) is 24.8 Å². The van der Waals surface area contributed by atoms with Crippen LogP contribution in [0.5, 0.6) is 0 Å². The quantitative estimate of drug-likeness (QED) is 0.490. The third-order valence-corrected chi connectivity index (χ3v) is 7.48. The van der Waals surface area contributed by atoms with Gasteiger partial charge in [0.2, 0.25) is 0 Å². The maximum atomic E-state index is 13.5. The van der Waals surface area contributed by atoms with Crippen molar-refractivity contribution in [2.45, 2.75) is 51.0 Å². The third kappa shape index (κ3) is 3.47. The van der Waals surface area contributed by atoms with Crippen LogP contribution in [-0.2, 0) is 0 Å². The normalized spacial score (nSPS) is 23.2. The summed E-state index contributed by atoms with van der Waals surface area (Å²) in [6, 6.07) is 6.60. The van der Waals surface area contributed by atoms with Crippen molar-refractivity contribution in [2.75, 3.05) is 0 Å². The van der Waals surface area contributed by atoms with Gasteiger partial charge in [0.25, 0.3) is 18.1 Å². The van der Waals surface area contributed by atoms with Gasteiger partial charge in [-0.25, -0.2) is 18.3 Å². The van der Waals surface area contributed by atoms with Crippen LogP contribution in [0.3, 0.4) is 0 Å². The Balaban J connectivity index is 1.53. The summed E-state index contributed by atoms with van der Waals surface area (Å²) in [6.07, 6.45) is 1.64. The molecule has 0 spiro atoms. The van der Waals surface area contributed by atoms with E-state index in [0.29, 0.717) is 27.7 Å². The largest absolute Gasteiger partial charge is 0.299 e. The fraction of sp³-hybridized carbons (Fsp3) is 0.409. The van der Waals surface area contributed by atoms with Crippen molar-refractivity contribution in [3.8, 4) is 0 Å². The molecule has 2 bridgehead atoms. The number of fused-ring (bicyclic) bond motifs is 5. The zero-order valence-electron chi connectivity index (χ0n) is 17.2. The van der Waals surface area contributed by atoms with Crippen LogP contribution in [0.1, 0.15) is 65.3 Å². The van der Waals surface area contributed by atoms with Gasteiger partial charge in [-0.15, -0.1) is 0 Å². The highest BCUT2D eigenvalue weighted by atomic mass is 35.5. The molecule has 10 heteroatoms. The molecule has 6 rings (SSSR count). The zero-order valence-corrected chi connectivity index (χ0v) is 18.8. The molecule has 0 N–H and O–H groups in total. The average Bonchev–Trinajstić information content (AvgIpc) is 3.09. The van der Waals surface area contributed by atoms with E-state index < -0.39 is 6.43 Å². The minimum absolute atomic E-state index is 0.0186. The predicted molar refractivity (Wildman–Crippen MR) is 119 cm³/mol. The number of amides is 1. The Morgan fingerprint density at radius 3 is 2.66 bits per heavy atom. The van der Waals surface area contributed by atoms with Gasteiger partial charge in [-0.2, -0.15) is 10.1 Å². The number of carbonyl (C=O) groups excluding carboxylic acids is 1. The van der Waals surface area contributed by atoms with Gasteiger partial charge in [0.1, 0.15) is 12.0 Å². The summed E-state index contributed by atoms with van der Waals surface area (Å²) in [5, 5.41) is 4.82. The summed E-state index contributed by atoms with van der Waals surface area (Å²) >= 11 is 12.0. The molecule has 32 heavy (non-hydrogen) atoms. The Labute approximate surface area is 193 Å². The molecule has 0 radical (unpaired) electrons. The third-order valence-electron chi connectivity index (χ3n) is 6.55. The smallest absolute Gasteiger partial charge is 0.280 e. The summed E-state index contributed by atoms with van der Waals surface area (Å²) in [4.78, 5) is 23.7. The van der Waals surface area contributed by atoms with Crippen LogP contribution in [0.15, 0.2) is 30.6 Å². The molecular weight excluding hydrogens is 456 g/mol. The molecule has 3 aliphatic rings. The number of aryl methyl sites for hydroxylation is 1. The van der Waals surface area contributed by atoms with E-state index >= 15 is 0 Å². The van der Waals surface area contributed by atoms with Gasteiger partial charge in [-0.1, -0.05) is 23.8 Å². The minimum Gasteiger partial charge on any atom is -0.299 e. The van der Waals surface area contributed by atoms with Crippen molar-refractivity contribution in [1.29, 1.82) is 0 Å². The minimum atomic E-state index is -2.71. The number of benzene rings is 1. The molecule has 2 saturated heterocycles. The number of halogens is 3. The maximum absolute atomic E-state index is 13.5. The highest BCUT2D eigenvalue weighted by Crippen LogP contribution is 2.44. The van der Waals surface area contributed by atoms with Gasteiger partial charge in [0.05, 0.1) is 10.7 Å². The number of hydrogen-bond acceptors (Lipinski definition) is 5. The lowest BCUT2D eigenvalue weighted by Gasteiger charge is -2.38. The molecule has 6 nitrogen and oxygen atoms in total. The SMILES string of the molecule is Cc1cc(C(=O)N2C(=S)[C@H]3CC[C@@H]2CC[C@@H]3c2cc(C(F)F)nc3ncnn23)ccc1Cl. The number of rotatable bonds is 3. The molecule has 0 unspecified atom stereocenters. The van der Waals surface area contributed by atoms with E-state index in [4.69, 9.17) is 23.8 Å². The van der Waals surface area contributed by atoms with Gasteiger partial charge in [-0.05, 0) is 62.4 Å². The Kier molecular flexibility index (Phi) is 5.41. The van der Waals surface area contributed by atoms with Crippen LogP contribution >= 0.6 is 23.8 Å². The van der Waals surface area contributed by atoms with E-state index in [1.165, 1.54) is 16.9 Å². The molecule has 1 amide bonds. The van der Waals surface area contributed by atoms with Gasteiger partial charge in [0.15, 0.2) is 0 Å². The second-order valence-corrected chi connectivity index (χ2v) is 9.20. The highest BCUT2D eigenvalue weighted by molar-refractivity contribution is 7.80. The van der Waals surface area contributed by atoms with Crippen molar-refractivity contribution in [1.82, 2.24) is 24.5 Å². The topological polar surface area (TPSA) is 63.4 Å². The van der Waals surface area contributed by atoms with Gasteiger partial charge in [0, 0.05) is 28.5 Å². The van der Waals surface area contributed by atoms with E-state index in [2.05, 4.69) is 15.1 Å². The first kappa shape index (κ1) is 21.3. The van der Waals surface area contributed by atoms with Gasteiger partial charge < -0.3 is 0 Å². The van der Waals surface area contributed by atoms with E-state index in [1.807, 2.05) is 6.92 Å². The Bertz CT molecular complexity index is 1230. The molecule has 3 atom stereocenters. The van der Waals surface area contributed by atoms with E-state index in [9.17, 15) is 13.6 Å². The van der Waals surface area contributed by atoms with Crippen LogP contribution in [0, 0.1) is 12.8 Å². The summed E-state index contributed by atoms with van der Waals surface area (Å²) < 4.78 is 28.5. The van der Waals surface area contributed by atoms with E-state index in [1.54, 1.807) is 23.1 Å². The van der Waals surface area contributed by atoms with Gasteiger partial charge >= 0.3 is 0 Å². The van der Waals surface area contributed by atoms with Crippen molar-refractivity contribution in [3.63, 3.8) is 0 Å². The monoisotopic (exact) mass is 475 g/mol. The van der Waals surface area contributed by atoms with Crippen LogP contribution in [0.2, 0.25) is 5.02 Å². The second-order valence-electron chi connectivity index (χ2n) is 8.38. The molecular formula is C22H20ClF2N5OS. The number of aromatic nitrogens is 4. The molecule has 2 aromatic heterocycles. The fourth-order valence-electron chi connectivity index (χ4n) is 4.97. The van der Waals surface area contributed by atoms with Crippen LogP contribution in [0.25, 0.3) is 5.78 Å². The van der Waals surface area contributed by atoms with E-state index in [-0.39, 0.29) is 35.3 Å². The first-order valence-electron chi connectivity index (χ1n) is 10.5. The van der Waals surface area contributed by atoms with Crippen LogP contribution < -0.4 is 0 Å². The molecule has 1 aromatic carbocycles. The number of hydrogen-bond donors (Lipinski definition) is 0. The van der Waals surface area contributed by atoms with Crippen molar-refractivity contribution < 1.29 is 13.6 Å². The van der Waals surface area contributed by atoms with Crippen LogP contribution in [-0.4, -0.2) is 41.4 Å². The van der Waals surface area contributed by atoms with Crippen molar-refractivity contribution >= 4 is 40.5 Å². The zero-order chi connectivity index (χ0) is 22.6. The second kappa shape index (κ2) is 8.12. The number of alkyl halides is 2. The lowest BCUT2D eigenvalue weighted by Crippen LogP contribution is -2.49. The lowest BCUT2D eigenvalue weighted by atomic mass is 9.83. The summed E-state index contributed by atoms with van der Waals surface area (Å²) in [6.45, 7) is 1.86. The Morgan fingerprint density at radius 2 is 1.94 bits per heavy atom. The Morgan fingerprint density at radius 1 is 1.19 bits per heavy atom. The first-order valence-corrected chi connectivity index (χ1v) is 11.3. The average molecular weight is 476 g/mol. The molecule has 3 fully saturated rings. The van der Waals surface area contributed by atoms with Gasteiger partial charge in [-0.3, -0.25) is 9.69 Å². The number of thiocarbonyl (C=S) groups is 1. The standard InChI is InChI=1S/C22H20ClF2N5OS/c1-11-8-12(2-7-16(11)23)20(31)29-13-3-5-14(15(6-4-13)21(29)32)18-9-17(19(24)25)28-22-26-10-27-30(18)22/h2,7-10,13-15,19H,3-6H2,1H3/t13-,14-,15-/m0/s1. The molecule has 1 saturated carbocycles. The first-order chi connectivity index (χ1) is 15.3.